The Morgan fingerprint density at radius 3 is 2.40 bits per heavy atom. The van der Waals surface area contributed by atoms with Gasteiger partial charge in [-0.15, -0.1) is 0 Å². The molecule has 0 unspecified atom stereocenters. The highest BCUT2D eigenvalue weighted by atomic mass is 16.6. The molecule has 0 aromatic heterocycles. The predicted octanol–water partition coefficient (Wildman–Crippen LogP) is 3.92. The van der Waals surface area contributed by atoms with Crippen LogP contribution in [0.3, 0.4) is 0 Å². The largest absolute Gasteiger partial charge is 0.493 e. The van der Waals surface area contributed by atoms with Gasteiger partial charge in [0.25, 0.3) is 0 Å². The van der Waals surface area contributed by atoms with E-state index in [1.54, 1.807) is 30.3 Å². The molecule has 0 aliphatic rings. The number of esters is 1. The molecule has 0 saturated heterocycles. The van der Waals surface area contributed by atoms with E-state index in [-0.39, 0.29) is 12.3 Å². The summed E-state index contributed by atoms with van der Waals surface area (Å²) in [6, 6.07) is 21.5. The minimum absolute atomic E-state index is 0.215. The van der Waals surface area contributed by atoms with Crippen LogP contribution in [0.1, 0.15) is 27.0 Å². The molecule has 1 N–H and O–H groups in total. The van der Waals surface area contributed by atoms with Crippen LogP contribution in [0, 0.1) is 6.92 Å². The first-order chi connectivity index (χ1) is 14.5. The van der Waals surface area contributed by atoms with Crippen LogP contribution in [-0.2, 0) is 11.2 Å². The highest BCUT2D eigenvalue weighted by molar-refractivity contribution is 5.91. The molecular weight excluding hydrogens is 380 g/mol. The van der Waals surface area contributed by atoms with Crippen molar-refractivity contribution < 1.29 is 19.1 Å². The van der Waals surface area contributed by atoms with Gasteiger partial charge in [0.15, 0.2) is 11.5 Å². The van der Waals surface area contributed by atoms with Gasteiger partial charge in [0.05, 0.1) is 25.3 Å². The SMILES string of the molecule is COc1cc(C=NNC(=O)Cc2ccccc2)ccc1OC(=O)c1ccc(C)cc1. The third-order valence-electron chi connectivity index (χ3n) is 4.29. The summed E-state index contributed by atoms with van der Waals surface area (Å²) in [5, 5.41) is 3.97. The average Bonchev–Trinajstić information content (AvgIpc) is 2.75. The second-order valence-electron chi connectivity index (χ2n) is 6.62. The molecule has 0 bridgehead atoms. The number of hydrogen-bond donors (Lipinski definition) is 1. The van der Waals surface area contributed by atoms with E-state index in [4.69, 9.17) is 9.47 Å². The Hall–Kier alpha value is -3.93. The maximum atomic E-state index is 12.3. The molecule has 0 aliphatic carbocycles. The smallest absolute Gasteiger partial charge is 0.343 e. The molecule has 3 aromatic rings. The lowest BCUT2D eigenvalue weighted by Crippen LogP contribution is -2.19. The van der Waals surface area contributed by atoms with Gasteiger partial charge in [-0.25, -0.2) is 10.2 Å². The van der Waals surface area contributed by atoms with Crippen LogP contribution >= 0.6 is 0 Å². The lowest BCUT2D eigenvalue weighted by Gasteiger charge is -2.10. The quantitative estimate of drug-likeness (QED) is 0.281. The van der Waals surface area contributed by atoms with Gasteiger partial charge in [-0.1, -0.05) is 48.0 Å². The van der Waals surface area contributed by atoms with Crippen LogP contribution in [0.2, 0.25) is 0 Å². The normalized spacial score (nSPS) is 10.6. The van der Waals surface area contributed by atoms with Crippen molar-refractivity contribution in [2.45, 2.75) is 13.3 Å². The molecule has 3 rings (SSSR count). The maximum Gasteiger partial charge on any atom is 0.343 e. The van der Waals surface area contributed by atoms with E-state index in [1.807, 2.05) is 49.4 Å². The molecule has 6 heteroatoms. The zero-order valence-corrected chi connectivity index (χ0v) is 16.8. The molecule has 6 nitrogen and oxygen atoms in total. The Morgan fingerprint density at radius 2 is 1.70 bits per heavy atom. The molecule has 152 valence electrons. The van der Waals surface area contributed by atoms with E-state index in [1.165, 1.54) is 13.3 Å². The van der Waals surface area contributed by atoms with Gasteiger partial charge in [-0.3, -0.25) is 4.79 Å². The Kier molecular flexibility index (Phi) is 6.95. The first-order valence-electron chi connectivity index (χ1n) is 9.38. The molecule has 0 aliphatic heterocycles. The van der Waals surface area contributed by atoms with Crippen LogP contribution < -0.4 is 14.9 Å². The maximum absolute atomic E-state index is 12.3. The van der Waals surface area contributed by atoms with Crippen molar-refractivity contribution in [2.24, 2.45) is 5.10 Å². The van der Waals surface area contributed by atoms with Crippen molar-refractivity contribution in [1.82, 2.24) is 5.43 Å². The van der Waals surface area contributed by atoms with Crippen molar-refractivity contribution in [3.8, 4) is 11.5 Å². The average molecular weight is 402 g/mol. The molecule has 0 spiro atoms. The van der Waals surface area contributed by atoms with E-state index in [0.29, 0.717) is 22.6 Å². The van der Waals surface area contributed by atoms with Crippen molar-refractivity contribution in [1.29, 1.82) is 0 Å². The summed E-state index contributed by atoms with van der Waals surface area (Å²) < 4.78 is 10.8. The monoisotopic (exact) mass is 402 g/mol. The summed E-state index contributed by atoms with van der Waals surface area (Å²) in [6.45, 7) is 1.95. The van der Waals surface area contributed by atoms with Crippen molar-refractivity contribution in [3.05, 3.63) is 95.1 Å². The van der Waals surface area contributed by atoms with Gasteiger partial charge < -0.3 is 9.47 Å². The van der Waals surface area contributed by atoms with Crippen molar-refractivity contribution in [2.75, 3.05) is 7.11 Å². The lowest BCUT2D eigenvalue weighted by molar-refractivity contribution is -0.120. The molecular formula is C24H22N2O4. The molecule has 0 atom stereocenters. The number of ether oxygens (including phenoxy) is 2. The minimum Gasteiger partial charge on any atom is -0.493 e. The number of carbonyl (C=O) groups is 2. The standard InChI is InChI=1S/C24H22N2O4/c1-17-8-11-20(12-9-17)24(28)30-21-13-10-19(14-22(21)29-2)16-25-26-23(27)15-18-6-4-3-5-7-18/h3-14,16H,15H2,1-2H3,(H,26,27). The number of methoxy groups -OCH3 is 1. The number of nitrogens with zero attached hydrogens (tertiary/aromatic N) is 1. The Bertz CT molecular complexity index is 1040. The topological polar surface area (TPSA) is 77.0 Å². The molecule has 30 heavy (non-hydrogen) atoms. The molecule has 0 saturated carbocycles. The van der Waals surface area contributed by atoms with Crippen LogP contribution in [-0.4, -0.2) is 25.2 Å². The zero-order chi connectivity index (χ0) is 21.3. The van der Waals surface area contributed by atoms with Crippen molar-refractivity contribution >= 4 is 18.1 Å². The van der Waals surface area contributed by atoms with Crippen LogP contribution in [0.5, 0.6) is 11.5 Å². The summed E-state index contributed by atoms with van der Waals surface area (Å²) in [5.41, 5.74) is 5.60. The molecule has 3 aromatic carbocycles. The fraction of sp³-hybridized carbons (Fsp3) is 0.125. The number of amides is 1. The number of nitrogens with one attached hydrogen (secondary N) is 1. The summed E-state index contributed by atoms with van der Waals surface area (Å²) in [6.07, 6.45) is 1.74. The number of benzene rings is 3. The highest BCUT2D eigenvalue weighted by Crippen LogP contribution is 2.28. The third-order valence-corrected chi connectivity index (χ3v) is 4.29. The fourth-order valence-corrected chi connectivity index (χ4v) is 2.70. The van der Waals surface area contributed by atoms with Crippen LogP contribution in [0.15, 0.2) is 77.9 Å². The second-order valence-corrected chi connectivity index (χ2v) is 6.62. The molecule has 0 fully saturated rings. The summed E-state index contributed by atoms with van der Waals surface area (Å²) in [5.74, 6) is -0.000632. The fourth-order valence-electron chi connectivity index (χ4n) is 2.70. The number of aryl methyl sites for hydroxylation is 1. The van der Waals surface area contributed by atoms with Gasteiger partial charge in [0.2, 0.25) is 5.91 Å². The Balaban J connectivity index is 1.62. The van der Waals surface area contributed by atoms with Gasteiger partial charge in [-0.05, 0) is 48.4 Å². The molecule has 1 amide bonds. The van der Waals surface area contributed by atoms with Gasteiger partial charge in [-0.2, -0.15) is 5.10 Å². The Morgan fingerprint density at radius 1 is 0.967 bits per heavy atom. The molecule has 0 heterocycles. The predicted molar refractivity (Wildman–Crippen MR) is 115 cm³/mol. The second kappa shape index (κ2) is 10.0. The number of hydrazone groups is 1. The van der Waals surface area contributed by atoms with E-state index >= 15 is 0 Å². The number of carbonyl (C=O) groups excluding carboxylic acids is 2. The third kappa shape index (κ3) is 5.78. The lowest BCUT2D eigenvalue weighted by atomic mass is 10.1. The van der Waals surface area contributed by atoms with E-state index < -0.39 is 5.97 Å². The number of hydrogen-bond acceptors (Lipinski definition) is 5. The van der Waals surface area contributed by atoms with Crippen LogP contribution in [0.25, 0.3) is 0 Å². The number of rotatable bonds is 7. The van der Waals surface area contributed by atoms with Crippen LogP contribution in [0.4, 0.5) is 0 Å². The van der Waals surface area contributed by atoms with Gasteiger partial charge >= 0.3 is 5.97 Å². The van der Waals surface area contributed by atoms with Gasteiger partial charge in [0, 0.05) is 0 Å². The molecule has 0 radical (unpaired) electrons. The summed E-state index contributed by atoms with van der Waals surface area (Å²) in [7, 11) is 1.49. The van der Waals surface area contributed by atoms with Crippen molar-refractivity contribution in [3.63, 3.8) is 0 Å². The first-order valence-corrected chi connectivity index (χ1v) is 9.38. The highest BCUT2D eigenvalue weighted by Gasteiger charge is 2.12. The van der Waals surface area contributed by atoms with E-state index in [2.05, 4.69) is 10.5 Å². The summed E-state index contributed by atoms with van der Waals surface area (Å²) >= 11 is 0. The van der Waals surface area contributed by atoms with Gasteiger partial charge in [0.1, 0.15) is 0 Å². The zero-order valence-electron chi connectivity index (χ0n) is 16.8. The van der Waals surface area contributed by atoms with E-state index in [0.717, 1.165) is 11.1 Å². The Labute approximate surface area is 175 Å². The first kappa shape index (κ1) is 20.8. The summed E-state index contributed by atoms with van der Waals surface area (Å²) in [4.78, 5) is 24.3. The van der Waals surface area contributed by atoms with E-state index in [9.17, 15) is 9.59 Å². The minimum atomic E-state index is -0.470.